The number of amides is 1. The molecule has 1 aromatic carbocycles. The molecule has 0 saturated carbocycles. The predicted molar refractivity (Wildman–Crippen MR) is 80.6 cm³/mol. The quantitative estimate of drug-likeness (QED) is 0.688. The molecule has 2 rings (SSSR count). The van der Waals surface area contributed by atoms with Crippen LogP contribution < -0.4 is 5.32 Å². The highest BCUT2D eigenvalue weighted by atomic mass is 35.5. The van der Waals surface area contributed by atoms with Crippen molar-refractivity contribution in [2.45, 2.75) is 6.54 Å². The number of hydrogen-bond acceptors (Lipinski definition) is 3. The van der Waals surface area contributed by atoms with Crippen molar-refractivity contribution in [3.05, 3.63) is 63.5 Å². The number of nitrogens with zero attached hydrogens (tertiary/aromatic N) is 1. The summed E-state index contributed by atoms with van der Waals surface area (Å²) in [7, 11) is 0. The number of hydrogen-bond donors (Lipinski definition) is 1. The lowest BCUT2D eigenvalue weighted by molar-refractivity contribution is -0.117. The van der Waals surface area contributed by atoms with Crippen LogP contribution >= 0.6 is 23.2 Å². The summed E-state index contributed by atoms with van der Waals surface area (Å²) in [4.78, 5) is 12.0. The van der Waals surface area contributed by atoms with E-state index in [-0.39, 0.29) is 12.1 Å². The second-order valence-corrected chi connectivity index (χ2v) is 4.86. The Morgan fingerprint density at radius 1 is 1.33 bits per heavy atom. The van der Waals surface area contributed by atoms with Crippen LogP contribution in [0.15, 0.2) is 46.6 Å². The highest BCUT2D eigenvalue weighted by Gasteiger charge is 2.11. The summed E-state index contributed by atoms with van der Waals surface area (Å²) < 4.78 is 5.09. The standard InChI is InChI=1S/C15H10Cl2N2O2/c16-13-5-1-3-10(14(13)17)7-11(8-18)15(20)19-9-12-4-2-6-21-12/h1-7H,9H2,(H,19,20)/b11-7+. The van der Waals surface area contributed by atoms with Crippen LogP contribution in [-0.2, 0) is 11.3 Å². The van der Waals surface area contributed by atoms with Crippen LogP contribution in [0.1, 0.15) is 11.3 Å². The first-order valence-corrected chi connectivity index (χ1v) is 6.74. The van der Waals surface area contributed by atoms with Gasteiger partial charge in [0.15, 0.2) is 0 Å². The minimum Gasteiger partial charge on any atom is -0.467 e. The fourth-order valence-electron chi connectivity index (χ4n) is 1.61. The third kappa shape index (κ3) is 3.88. The highest BCUT2D eigenvalue weighted by Crippen LogP contribution is 2.27. The van der Waals surface area contributed by atoms with Gasteiger partial charge in [0, 0.05) is 0 Å². The molecule has 1 N–H and O–H groups in total. The van der Waals surface area contributed by atoms with E-state index in [1.165, 1.54) is 12.3 Å². The third-order valence-electron chi connectivity index (χ3n) is 2.65. The van der Waals surface area contributed by atoms with E-state index in [0.717, 1.165) is 0 Å². The van der Waals surface area contributed by atoms with Crippen LogP contribution in [0.25, 0.3) is 6.08 Å². The maximum absolute atomic E-state index is 12.0. The summed E-state index contributed by atoms with van der Waals surface area (Å²) in [6.45, 7) is 0.203. The molecule has 1 aromatic heterocycles. The summed E-state index contributed by atoms with van der Waals surface area (Å²) in [6.07, 6.45) is 2.90. The molecule has 6 heteroatoms. The van der Waals surface area contributed by atoms with Crippen LogP contribution in [0.3, 0.4) is 0 Å². The van der Waals surface area contributed by atoms with Crippen molar-refractivity contribution in [2.75, 3.05) is 0 Å². The number of halogens is 2. The van der Waals surface area contributed by atoms with Crippen molar-refractivity contribution >= 4 is 35.2 Å². The molecule has 0 atom stereocenters. The maximum atomic E-state index is 12.0. The van der Waals surface area contributed by atoms with Crippen LogP contribution in [0.4, 0.5) is 0 Å². The smallest absolute Gasteiger partial charge is 0.262 e. The molecule has 21 heavy (non-hydrogen) atoms. The van der Waals surface area contributed by atoms with E-state index < -0.39 is 5.91 Å². The lowest BCUT2D eigenvalue weighted by Crippen LogP contribution is -2.23. The summed E-state index contributed by atoms with van der Waals surface area (Å²) >= 11 is 11.9. The summed E-state index contributed by atoms with van der Waals surface area (Å²) in [5.74, 6) is 0.0892. The normalized spacial score (nSPS) is 11.0. The Bertz CT molecular complexity index is 716. The molecule has 0 spiro atoms. The van der Waals surface area contributed by atoms with Gasteiger partial charge in [0.1, 0.15) is 17.4 Å². The van der Waals surface area contributed by atoms with Crippen molar-refractivity contribution < 1.29 is 9.21 Å². The lowest BCUT2D eigenvalue weighted by atomic mass is 10.1. The van der Waals surface area contributed by atoms with Gasteiger partial charge in [0.2, 0.25) is 0 Å². The molecule has 4 nitrogen and oxygen atoms in total. The van der Waals surface area contributed by atoms with Crippen molar-refractivity contribution in [1.82, 2.24) is 5.32 Å². The average molecular weight is 321 g/mol. The van der Waals surface area contributed by atoms with Gasteiger partial charge in [0.05, 0.1) is 22.9 Å². The molecular weight excluding hydrogens is 311 g/mol. The molecule has 0 aliphatic carbocycles. The highest BCUT2D eigenvalue weighted by molar-refractivity contribution is 6.43. The Kier molecular flexibility index (Phi) is 5.04. The van der Waals surface area contributed by atoms with Gasteiger partial charge >= 0.3 is 0 Å². The monoisotopic (exact) mass is 320 g/mol. The number of furan rings is 1. The second kappa shape index (κ2) is 6.98. The van der Waals surface area contributed by atoms with E-state index in [1.807, 2.05) is 6.07 Å². The Morgan fingerprint density at radius 2 is 2.14 bits per heavy atom. The second-order valence-electron chi connectivity index (χ2n) is 4.07. The number of rotatable bonds is 4. The molecule has 1 heterocycles. The molecular formula is C15H10Cl2N2O2. The maximum Gasteiger partial charge on any atom is 0.262 e. The van der Waals surface area contributed by atoms with Gasteiger partial charge in [-0.3, -0.25) is 4.79 Å². The topological polar surface area (TPSA) is 66.0 Å². The van der Waals surface area contributed by atoms with Crippen LogP contribution in [-0.4, -0.2) is 5.91 Å². The van der Waals surface area contributed by atoms with E-state index in [2.05, 4.69) is 5.32 Å². The van der Waals surface area contributed by atoms with Crippen molar-refractivity contribution in [1.29, 1.82) is 5.26 Å². The SMILES string of the molecule is N#C/C(=C\c1cccc(Cl)c1Cl)C(=O)NCc1ccco1. The van der Waals surface area contributed by atoms with E-state index in [1.54, 1.807) is 30.3 Å². The molecule has 2 aromatic rings. The lowest BCUT2D eigenvalue weighted by Gasteiger charge is -2.04. The van der Waals surface area contributed by atoms with Crippen LogP contribution in [0, 0.1) is 11.3 Å². The van der Waals surface area contributed by atoms with E-state index in [0.29, 0.717) is 21.4 Å². The van der Waals surface area contributed by atoms with E-state index >= 15 is 0 Å². The predicted octanol–water partition coefficient (Wildman–Crippen LogP) is 3.81. The Labute approximate surface area is 131 Å². The number of nitriles is 1. The molecule has 106 valence electrons. The Hall–Kier alpha value is -2.22. The van der Waals surface area contributed by atoms with Gasteiger partial charge in [-0.25, -0.2) is 0 Å². The molecule has 0 unspecified atom stereocenters. The van der Waals surface area contributed by atoms with Gasteiger partial charge in [-0.2, -0.15) is 5.26 Å². The van der Waals surface area contributed by atoms with Gasteiger partial charge < -0.3 is 9.73 Å². The first-order valence-electron chi connectivity index (χ1n) is 5.98. The van der Waals surface area contributed by atoms with Gasteiger partial charge in [-0.15, -0.1) is 0 Å². The zero-order valence-corrected chi connectivity index (χ0v) is 12.3. The summed E-state index contributed by atoms with van der Waals surface area (Å²) in [5.41, 5.74) is 0.444. The van der Waals surface area contributed by atoms with Gasteiger partial charge in [-0.1, -0.05) is 35.3 Å². The molecule has 0 fully saturated rings. The minimum absolute atomic E-state index is 0.0641. The summed E-state index contributed by atoms with van der Waals surface area (Å²) in [5, 5.41) is 12.3. The Balaban J connectivity index is 2.15. The van der Waals surface area contributed by atoms with E-state index in [9.17, 15) is 4.79 Å². The largest absolute Gasteiger partial charge is 0.467 e. The number of nitrogens with one attached hydrogen (secondary N) is 1. The summed E-state index contributed by atoms with van der Waals surface area (Å²) in [6, 6.07) is 10.3. The number of carbonyl (C=O) groups excluding carboxylic acids is 1. The van der Waals surface area contributed by atoms with Crippen LogP contribution in [0.5, 0.6) is 0 Å². The molecule has 1 amide bonds. The minimum atomic E-state index is -0.509. The third-order valence-corrected chi connectivity index (χ3v) is 3.48. The number of carbonyl (C=O) groups is 1. The molecule has 0 bridgehead atoms. The zero-order valence-electron chi connectivity index (χ0n) is 10.8. The zero-order chi connectivity index (χ0) is 15.2. The van der Waals surface area contributed by atoms with Gasteiger partial charge in [-0.05, 0) is 29.8 Å². The Morgan fingerprint density at radius 3 is 2.81 bits per heavy atom. The van der Waals surface area contributed by atoms with Crippen molar-refractivity contribution in [3.63, 3.8) is 0 Å². The molecule has 0 aliphatic rings. The number of benzene rings is 1. The van der Waals surface area contributed by atoms with Gasteiger partial charge in [0.25, 0.3) is 5.91 Å². The first kappa shape index (κ1) is 15.2. The van der Waals surface area contributed by atoms with E-state index in [4.69, 9.17) is 32.9 Å². The van der Waals surface area contributed by atoms with Crippen LogP contribution in [0.2, 0.25) is 10.0 Å². The van der Waals surface area contributed by atoms with Crippen molar-refractivity contribution in [3.8, 4) is 6.07 Å². The molecule has 0 aliphatic heterocycles. The van der Waals surface area contributed by atoms with Crippen molar-refractivity contribution in [2.24, 2.45) is 0 Å². The first-order chi connectivity index (χ1) is 10.1. The molecule has 0 saturated heterocycles. The molecule has 0 radical (unpaired) electrons. The fraction of sp³-hybridized carbons (Fsp3) is 0.0667. The fourth-order valence-corrected chi connectivity index (χ4v) is 1.97. The average Bonchev–Trinajstić information content (AvgIpc) is 2.99.